The van der Waals surface area contributed by atoms with E-state index in [1.165, 1.54) is 14.2 Å². The highest BCUT2D eigenvalue weighted by Crippen LogP contribution is 2.39. The van der Waals surface area contributed by atoms with Crippen LogP contribution in [0.15, 0.2) is 34.3 Å². The van der Waals surface area contributed by atoms with Crippen molar-refractivity contribution in [2.24, 2.45) is 5.41 Å². The molecule has 134 valence electrons. The van der Waals surface area contributed by atoms with Gasteiger partial charge in [-0.1, -0.05) is 25.5 Å². The molecule has 1 N–H and O–H groups in total. The summed E-state index contributed by atoms with van der Waals surface area (Å²) in [5.74, 6) is -0.707. The molecule has 0 fully saturated rings. The minimum Gasteiger partial charge on any atom is -0.489 e. The van der Waals surface area contributed by atoms with Crippen LogP contribution in [-0.4, -0.2) is 37.0 Å². The van der Waals surface area contributed by atoms with Gasteiger partial charge >= 0.3 is 0 Å². The Bertz CT molecular complexity index is 618. The van der Waals surface area contributed by atoms with Crippen LogP contribution in [-0.2, 0) is 19.1 Å². The molecule has 1 unspecified atom stereocenters. The van der Waals surface area contributed by atoms with Crippen LogP contribution in [0.1, 0.15) is 47.5 Å². The maximum Gasteiger partial charge on any atom is 0.228 e. The van der Waals surface area contributed by atoms with E-state index in [0.29, 0.717) is 24.0 Å². The molecule has 0 aromatic rings. The molecule has 1 aliphatic carbocycles. The van der Waals surface area contributed by atoms with Gasteiger partial charge in [0, 0.05) is 11.1 Å². The van der Waals surface area contributed by atoms with Gasteiger partial charge in [-0.25, -0.2) is 0 Å². The smallest absolute Gasteiger partial charge is 0.228 e. The summed E-state index contributed by atoms with van der Waals surface area (Å²) in [7, 11) is 2.71. The Balaban J connectivity index is 3.21. The van der Waals surface area contributed by atoms with E-state index in [4.69, 9.17) is 9.47 Å². The van der Waals surface area contributed by atoms with Crippen molar-refractivity contribution in [2.75, 3.05) is 14.2 Å². The van der Waals surface area contributed by atoms with Crippen LogP contribution in [0.4, 0.5) is 0 Å². The quantitative estimate of drug-likeness (QED) is 0.571. The van der Waals surface area contributed by atoms with Gasteiger partial charge in [-0.05, 0) is 39.0 Å². The molecule has 0 saturated carbocycles. The van der Waals surface area contributed by atoms with E-state index < -0.39 is 11.5 Å². The zero-order valence-corrected chi connectivity index (χ0v) is 15.6. The van der Waals surface area contributed by atoms with Gasteiger partial charge in [0.2, 0.25) is 23.1 Å². The Morgan fingerprint density at radius 2 is 1.67 bits per heavy atom. The van der Waals surface area contributed by atoms with Crippen molar-refractivity contribution in [1.29, 1.82) is 0 Å². The van der Waals surface area contributed by atoms with Crippen molar-refractivity contribution >= 4 is 11.6 Å². The number of ketones is 2. The fourth-order valence-electron chi connectivity index (χ4n) is 3.04. The third kappa shape index (κ3) is 4.15. The monoisotopic (exact) mass is 336 g/mol. The fourth-order valence-corrected chi connectivity index (χ4v) is 3.04. The van der Waals surface area contributed by atoms with Crippen LogP contribution in [0, 0.1) is 5.41 Å². The number of aliphatic hydroxyl groups is 1. The number of allylic oxidation sites excluding steroid dienone is 3. The largest absolute Gasteiger partial charge is 0.489 e. The molecule has 0 spiro atoms. The van der Waals surface area contributed by atoms with Gasteiger partial charge in [-0.15, -0.1) is 0 Å². The summed E-state index contributed by atoms with van der Waals surface area (Å²) in [6.45, 7) is 9.18. The summed E-state index contributed by atoms with van der Waals surface area (Å²) in [4.78, 5) is 25.3. The van der Waals surface area contributed by atoms with Gasteiger partial charge in [0.05, 0.1) is 20.3 Å². The molecule has 5 nitrogen and oxygen atoms in total. The number of carbonyl (C=O) groups is 2. The van der Waals surface area contributed by atoms with E-state index >= 15 is 0 Å². The maximum absolute atomic E-state index is 12.8. The van der Waals surface area contributed by atoms with Crippen LogP contribution in [0.25, 0.3) is 0 Å². The molecule has 0 aromatic carbocycles. The van der Waals surface area contributed by atoms with Gasteiger partial charge in [-0.3, -0.25) is 9.59 Å². The molecule has 24 heavy (non-hydrogen) atoms. The maximum atomic E-state index is 12.8. The van der Waals surface area contributed by atoms with Gasteiger partial charge in [0.25, 0.3) is 0 Å². The van der Waals surface area contributed by atoms with E-state index in [1.54, 1.807) is 13.8 Å². The first-order valence-electron chi connectivity index (χ1n) is 8.03. The molecule has 1 atom stereocenters. The highest BCUT2D eigenvalue weighted by Gasteiger charge is 2.40. The van der Waals surface area contributed by atoms with Crippen molar-refractivity contribution in [1.82, 2.24) is 0 Å². The number of hydrogen-bond acceptors (Lipinski definition) is 5. The van der Waals surface area contributed by atoms with Crippen LogP contribution < -0.4 is 0 Å². The van der Waals surface area contributed by atoms with Gasteiger partial charge in [0.15, 0.2) is 0 Å². The van der Waals surface area contributed by atoms with Crippen LogP contribution in [0.2, 0.25) is 0 Å². The number of carbonyl (C=O) groups excluding carboxylic acids is 2. The highest BCUT2D eigenvalue weighted by atomic mass is 16.5. The molecule has 0 saturated heterocycles. The van der Waals surface area contributed by atoms with Gasteiger partial charge in [0.1, 0.15) is 0 Å². The van der Waals surface area contributed by atoms with Crippen molar-refractivity contribution in [3.8, 4) is 0 Å². The first-order chi connectivity index (χ1) is 11.1. The zero-order valence-electron chi connectivity index (χ0n) is 15.6. The van der Waals surface area contributed by atoms with E-state index in [0.717, 1.165) is 5.57 Å². The fraction of sp³-hybridized carbons (Fsp3) is 0.579. The number of rotatable bonds is 7. The van der Waals surface area contributed by atoms with Crippen molar-refractivity contribution in [3.63, 3.8) is 0 Å². The Morgan fingerprint density at radius 3 is 2.12 bits per heavy atom. The lowest BCUT2D eigenvalue weighted by Crippen LogP contribution is -2.32. The molecule has 1 aliphatic rings. The number of aliphatic hydroxyl groups excluding tert-OH is 1. The molecule has 5 heteroatoms. The number of hydrogen-bond donors (Lipinski definition) is 1. The average Bonchev–Trinajstić information content (AvgIpc) is 2.48. The Kier molecular flexibility index (Phi) is 6.55. The third-order valence-electron chi connectivity index (χ3n) is 4.22. The van der Waals surface area contributed by atoms with E-state index in [1.807, 2.05) is 26.8 Å². The molecule has 0 bridgehead atoms. The summed E-state index contributed by atoms with van der Waals surface area (Å²) >= 11 is 0. The molecule has 0 amide bonds. The Labute approximate surface area is 144 Å². The van der Waals surface area contributed by atoms with E-state index in [-0.39, 0.29) is 23.1 Å². The minimum atomic E-state index is -0.542. The second-order valence-corrected chi connectivity index (χ2v) is 6.92. The molecule has 0 radical (unpaired) electrons. The molecule has 0 heterocycles. The first kappa shape index (κ1) is 20.2. The van der Waals surface area contributed by atoms with Crippen molar-refractivity contribution in [3.05, 3.63) is 34.3 Å². The van der Waals surface area contributed by atoms with E-state index in [9.17, 15) is 14.7 Å². The lowest BCUT2D eigenvalue weighted by molar-refractivity contribution is -0.121. The van der Waals surface area contributed by atoms with Crippen molar-refractivity contribution in [2.45, 2.75) is 53.6 Å². The molecule has 0 aromatic heterocycles. The highest BCUT2D eigenvalue weighted by molar-refractivity contribution is 6.23. The van der Waals surface area contributed by atoms with Gasteiger partial charge < -0.3 is 14.6 Å². The molecule has 1 rings (SSSR count). The molecular formula is C19H28O5. The van der Waals surface area contributed by atoms with Gasteiger partial charge in [-0.2, -0.15) is 0 Å². The minimum absolute atomic E-state index is 0.0409. The van der Waals surface area contributed by atoms with E-state index in [2.05, 4.69) is 0 Å². The van der Waals surface area contributed by atoms with Crippen LogP contribution in [0.5, 0.6) is 0 Å². The summed E-state index contributed by atoms with van der Waals surface area (Å²) in [6.07, 6.45) is 2.76. The summed E-state index contributed by atoms with van der Waals surface area (Å²) < 4.78 is 10.2. The third-order valence-corrected chi connectivity index (χ3v) is 4.22. The Hall–Kier alpha value is -1.88. The second-order valence-electron chi connectivity index (χ2n) is 6.92. The average molecular weight is 336 g/mol. The molecular weight excluding hydrogens is 308 g/mol. The summed E-state index contributed by atoms with van der Waals surface area (Å²) in [5.41, 5.74) is 1.35. The molecule has 0 aliphatic heterocycles. The standard InChI is InChI=1S/C19H28O5/c1-11(10-12(2)20)8-9-19(4,5)14-13(3)15(21)17(23-6)18(24-7)16(14)22/h8,12,20H,9-10H2,1-7H3/b11-8+. The first-order valence-corrected chi connectivity index (χ1v) is 8.03. The zero-order chi connectivity index (χ0) is 18.7. The number of Topliss-reactive ketones (excluding diaryl/α,β-unsaturated/α-hetero) is 2. The van der Waals surface area contributed by atoms with Crippen molar-refractivity contribution < 1.29 is 24.2 Å². The normalized spacial score (nSPS) is 18.2. The number of ether oxygens (including phenoxy) is 2. The topological polar surface area (TPSA) is 72.8 Å². The van der Waals surface area contributed by atoms with Crippen LogP contribution in [0.3, 0.4) is 0 Å². The SMILES string of the molecule is COC1=C(OC)C(=O)C(C(C)(C)C/C=C(\C)CC(C)O)=C(C)C1=O. The lowest BCUT2D eigenvalue weighted by Gasteiger charge is -2.31. The second kappa shape index (κ2) is 7.79. The lowest BCUT2D eigenvalue weighted by atomic mass is 9.73. The Morgan fingerprint density at radius 1 is 1.17 bits per heavy atom. The predicted octanol–water partition coefficient (Wildman–Crippen LogP) is 3.09. The summed E-state index contributed by atoms with van der Waals surface area (Å²) in [6, 6.07) is 0. The number of methoxy groups -OCH3 is 2. The predicted molar refractivity (Wildman–Crippen MR) is 92.2 cm³/mol. The summed E-state index contributed by atoms with van der Waals surface area (Å²) in [5, 5.41) is 9.46. The van der Waals surface area contributed by atoms with Crippen LogP contribution >= 0.6 is 0 Å².